The number of hydrogen-bond acceptors (Lipinski definition) is 5. The van der Waals surface area contributed by atoms with Gasteiger partial charge in [-0.25, -0.2) is 0 Å². The Morgan fingerprint density at radius 1 is 1.30 bits per heavy atom. The van der Waals surface area contributed by atoms with Gasteiger partial charge < -0.3 is 15.1 Å². The van der Waals surface area contributed by atoms with E-state index in [1.54, 1.807) is 13.0 Å². The molecule has 1 aromatic carbocycles. The molecular formula is C15H21N3O2. The predicted molar refractivity (Wildman–Crippen MR) is 77.5 cm³/mol. The lowest BCUT2D eigenvalue weighted by Crippen LogP contribution is -2.47. The van der Waals surface area contributed by atoms with E-state index in [9.17, 15) is 5.11 Å². The van der Waals surface area contributed by atoms with Gasteiger partial charge in [-0.15, -0.1) is 0 Å². The van der Waals surface area contributed by atoms with Crippen molar-refractivity contribution in [3.63, 3.8) is 0 Å². The second kappa shape index (κ2) is 6.71. The first-order chi connectivity index (χ1) is 9.65. The van der Waals surface area contributed by atoms with E-state index in [1.807, 2.05) is 12.1 Å². The summed E-state index contributed by atoms with van der Waals surface area (Å²) in [6, 6.07) is 7.58. The fourth-order valence-corrected chi connectivity index (χ4v) is 2.59. The fraction of sp³-hybridized carbons (Fsp3) is 0.533. The van der Waals surface area contributed by atoms with Crippen molar-refractivity contribution in [3.8, 4) is 6.07 Å². The molecule has 5 nitrogen and oxygen atoms in total. The van der Waals surface area contributed by atoms with Crippen molar-refractivity contribution >= 4 is 5.69 Å². The Morgan fingerprint density at radius 2 is 2.00 bits per heavy atom. The quantitative estimate of drug-likeness (QED) is 0.847. The van der Waals surface area contributed by atoms with E-state index in [2.05, 4.69) is 15.9 Å². The molecule has 1 aliphatic heterocycles. The molecule has 1 fully saturated rings. The van der Waals surface area contributed by atoms with E-state index in [0.29, 0.717) is 12.1 Å². The smallest absolute Gasteiger partial charge is 0.0992 e. The van der Waals surface area contributed by atoms with Crippen molar-refractivity contribution < 1.29 is 10.2 Å². The molecule has 0 saturated carbocycles. The Labute approximate surface area is 119 Å². The van der Waals surface area contributed by atoms with Gasteiger partial charge in [0.25, 0.3) is 0 Å². The molecule has 1 aromatic rings. The van der Waals surface area contributed by atoms with E-state index < -0.39 is 6.10 Å². The van der Waals surface area contributed by atoms with Gasteiger partial charge in [0, 0.05) is 44.0 Å². The molecule has 108 valence electrons. The molecule has 1 heterocycles. The molecule has 0 unspecified atom stereocenters. The first-order valence-electron chi connectivity index (χ1n) is 6.96. The van der Waals surface area contributed by atoms with Gasteiger partial charge in [-0.05, 0) is 19.1 Å². The third-order valence-electron chi connectivity index (χ3n) is 3.74. The number of aliphatic hydroxyl groups is 2. The second-order valence-corrected chi connectivity index (χ2v) is 5.11. The van der Waals surface area contributed by atoms with Crippen molar-refractivity contribution in [3.05, 3.63) is 29.3 Å². The summed E-state index contributed by atoms with van der Waals surface area (Å²) in [7, 11) is 0. The molecule has 2 N–H and O–H groups in total. The molecule has 20 heavy (non-hydrogen) atoms. The van der Waals surface area contributed by atoms with Crippen molar-refractivity contribution in [1.29, 1.82) is 5.26 Å². The zero-order valence-electron chi connectivity index (χ0n) is 11.8. The number of hydrogen-bond donors (Lipinski definition) is 2. The first-order valence-corrected chi connectivity index (χ1v) is 6.96. The maximum absolute atomic E-state index is 9.88. The summed E-state index contributed by atoms with van der Waals surface area (Å²) in [5.41, 5.74) is 2.42. The SMILES string of the molecule is C[C@@H](O)c1ccc(C#N)cc1N1CCN(CCO)CC1. The molecule has 1 atom stereocenters. The number of β-amino-alcohol motifs (C(OH)–C–C–N with tert-alkyl or cyclic N) is 1. The van der Waals surface area contributed by atoms with Crippen LogP contribution in [0.25, 0.3) is 0 Å². The zero-order valence-corrected chi connectivity index (χ0v) is 11.8. The highest BCUT2D eigenvalue weighted by Crippen LogP contribution is 2.28. The minimum Gasteiger partial charge on any atom is -0.395 e. The minimum atomic E-state index is -0.548. The highest BCUT2D eigenvalue weighted by Gasteiger charge is 2.20. The highest BCUT2D eigenvalue weighted by molar-refractivity contribution is 5.58. The number of nitrogens with zero attached hydrogens (tertiary/aromatic N) is 3. The van der Waals surface area contributed by atoms with Crippen LogP contribution in [0, 0.1) is 11.3 Å². The van der Waals surface area contributed by atoms with Crippen LogP contribution in [0.5, 0.6) is 0 Å². The summed E-state index contributed by atoms with van der Waals surface area (Å²) in [6.45, 7) is 6.08. The van der Waals surface area contributed by atoms with E-state index in [-0.39, 0.29) is 6.61 Å². The molecule has 0 amide bonds. The van der Waals surface area contributed by atoms with Gasteiger partial charge in [0.05, 0.1) is 24.3 Å². The molecule has 0 aromatic heterocycles. The van der Waals surface area contributed by atoms with Gasteiger partial charge in [0.2, 0.25) is 0 Å². The van der Waals surface area contributed by atoms with Crippen molar-refractivity contribution in [2.75, 3.05) is 44.2 Å². The van der Waals surface area contributed by atoms with Gasteiger partial charge in [-0.2, -0.15) is 5.26 Å². The lowest BCUT2D eigenvalue weighted by atomic mass is 10.0. The van der Waals surface area contributed by atoms with Crippen LogP contribution in [0.4, 0.5) is 5.69 Å². The molecule has 1 aliphatic rings. The van der Waals surface area contributed by atoms with Crippen LogP contribution in [-0.4, -0.2) is 54.4 Å². The molecule has 0 spiro atoms. The molecule has 5 heteroatoms. The van der Waals surface area contributed by atoms with Crippen LogP contribution in [0.3, 0.4) is 0 Å². The van der Waals surface area contributed by atoms with Crippen LogP contribution >= 0.6 is 0 Å². The Kier molecular flexibility index (Phi) is 4.96. The average molecular weight is 275 g/mol. The lowest BCUT2D eigenvalue weighted by Gasteiger charge is -2.37. The third-order valence-corrected chi connectivity index (χ3v) is 3.74. The topological polar surface area (TPSA) is 70.7 Å². The van der Waals surface area contributed by atoms with E-state index in [1.165, 1.54) is 0 Å². The maximum Gasteiger partial charge on any atom is 0.0992 e. The number of benzene rings is 1. The van der Waals surface area contributed by atoms with Gasteiger partial charge in [-0.1, -0.05) is 6.07 Å². The number of nitriles is 1. The summed E-state index contributed by atoms with van der Waals surface area (Å²) in [5, 5.41) is 27.9. The summed E-state index contributed by atoms with van der Waals surface area (Å²) in [6.07, 6.45) is -0.548. The molecular weight excluding hydrogens is 254 g/mol. The molecule has 0 aliphatic carbocycles. The van der Waals surface area contributed by atoms with Crippen LogP contribution < -0.4 is 4.90 Å². The van der Waals surface area contributed by atoms with Gasteiger partial charge >= 0.3 is 0 Å². The monoisotopic (exact) mass is 275 g/mol. The number of aliphatic hydroxyl groups excluding tert-OH is 2. The van der Waals surface area contributed by atoms with Gasteiger partial charge in [0.15, 0.2) is 0 Å². The van der Waals surface area contributed by atoms with E-state index >= 15 is 0 Å². The first kappa shape index (κ1) is 14.8. The van der Waals surface area contributed by atoms with Crippen LogP contribution in [0.1, 0.15) is 24.2 Å². The second-order valence-electron chi connectivity index (χ2n) is 5.11. The van der Waals surface area contributed by atoms with Gasteiger partial charge in [0.1, 0.15) is 0 Å². The molecule has 0 bridgehead atoms. The number of piperazine rings is 1. The summed E-state index contributed by atoms with van der Waals surface area (Å²) >= 11 is 0. The van der Waals surface area contributed by atoms with Crippen LogP contribution in [0.15, 0.2) is 18.2 Å². The Balaban J connectivity index is 2.18. The van der Waals surface area contributed by atoms with Crippen LogP contribution in [0.2, 0.25) is 0 Å². The van der Waals surface area contributed by atoms with Crippen molar-refractivity contribution in [2.24, 2.45) is 0 Å². The standard InChI is InChI=1S/C15H21N3O2/c1-12(20)14-3-2-13(11-16)10-15(14)18-6-4-17(5-7-18)8-9-19/h2-3,10,12,19-20H,4-9H2,1H3/t12-/m1/s1. The number of rotatable bonds is 4. The van der Waals surface area contributed by atoms with Gasteiger partial charge in [-0.3, -0.25) is 4.90 Å². The van der Waals surface area contributed by atoms with Crippen molar-refractivity contribution in [1.82, 2.24) is 4.90 Å². The molecule has 2 rings (SSSR count). The van der Waals surface area contributed by atoms with E-state index in [0.717, 1.165) is 37.4 Å². The minimum absolute atomic E-state index is 0.183. The highest BCUT2D eigenvalue weighted by atomic mass is 16.3. The maximum atomic E-state index is 9.88. The largest absolute Gasteiger partial charge is 0.395 e. The Hall–Kier alpha value is -1.61. The predicted octanol–water partition coefficient (Wildman–Crippen LogP) is 0.726. The number of anilines is 1. The molecule has 1 saturated heterocycles. The molecule has 0 radical (unpaired) electrons. The normalized spacial score (nSPS) is 17.8. The summed E-state index contributed by atoms with van der Waals surface area (Å²) < 4.78 is 0. The third kappa shape index (κ3) is 3.28. The summed E-state index contributed by atoms with van der Waals surface area (Å²) in [5.74, 6) is 0. The Bertz CT molecular complexity index is 488. The zero-order chi connectivity index (χ0) is 14.5. The van der Waals surface area contributed by atoms with E-state index in [4.69, 9.17) is 10.4 Å². The fourth-order valence-electron chi connectivity index (χ4n) is 2.59. The average Bonchev–Trinajstić information content (AvgIpc) is 2.47. The summed E-state index contributed by atoms with van der Waals surface area (Å²) in [4.78, 5) is 4.42. The van der Waals surface area contributed by atoms with Crippen LogP contribution in [-0.2, 0) is 0 Å². The Morgan fingerprint density at radius 3 is 2.55 bits per heavy atom. The van der Waals surface area contributed by atoms with Crippen molar-refractivity contribution in [2.45, 2.75) is 13.0 Å². The lowest BCUT2D eigenvalue weighted by molar-refractivity contribution is 0.187.